The summed E-state index contributed by atoms with van der Waals surface area (Å²) in [5.41, 5.74) is 2.51. The Labute approximate surface area is 79.7 Å². The maximum absolute atomic E-state index is 8.62. The number of nitrogens with zero attached hydrogens (tertiary/aromatic N) is 1. The van der Waals surface area contributed by atoms with E-state index >= 15 is 0 Å². The Morgan fingerprint density at radius 1 is 1.54 bits per heavy atom. The van der Waals surface area contributed by atoms with E-state index in [2.05, 4.69) is 14.6 Å². The van der Waals surface area contributed by atoms with Crippen LogP contribution in [0.2, 0.25) is 0 Å². The second kappa shape index (κ2) is 4.95. The lowest BCUT2D eigenvalue weighted by Gasteiger charge is -2.06. The van der Waals surface area contributed by atoms with Crippen LogP contribution in [-0.2, 0) is 11.1 Å². The molecule has 0 fully saturated rings. The molecule has 13 heavy (non-hydrogen) atoms. The first kappa shape index (κ1) is 10.2. The van der Waals surface area contributed by atoms with E-state index in [1.165, 1.54) is 0 Å². The Morgan fingerprint density at radius 2 is 2.23 bits per heavy atom. The van der Waals surface area contributed by atoms with Crippen LogP contribution in [0.4, 0.5) is 0 Å². The highest BCUT2D eigenvalue weighted by atomic mass is 31.0. The van der Waals surface area contributed by atoms with E-state index < -0.39 is 0 Å². The molecule has 70 valence electrons. The molecule has 1 rings (SSSR count). The number of rotatable bonds is 3. The van der Waals surface area contributed by atoms with Crippen molar-refractivity contribution in [3.63, 3.8) is 0 Å². The molecule has 0 aliphatic rings. The van der Waals surface area contributed by atoms with Gasteiger partial charge >= 0.3 is 0 Å². The van der Waals surface area contributed by atoms with Gasteiger partial charge in [0.05, 0.1) is 12.3 Å². The minimum atomic E-state index is 0.494. The van der Waals surface area contributed by atoms with Gasteiger partial charge in [0.25, 0.3) is 0 Å². The quantitative estimate of drug-likeness (QED) is 0.349. The van der Waals surface area contributed by atoms with Crippen molar-refractivity contribution >= 4 is 15.2 Å². The van der Waals surface area contributed by atoms with Crippen molar-refractivity contribution in [3.05, 3.63) is 35.4 Å². The molecule has 1 aromatic rings. The molecule has 0 aromatic heterocycles. The predicted molar refractivity (Wildman–Crippen MR) is 54.9 cm³/mol. The van der Waals surface area contributed by atoms with E-state index in [0.717, 1.165) is 11.1 Å². The molecule has 1 N–H and O–H groups in total. The highest BCUT2D eigenvalue weighted by Gasteiger charge is 2.03. The van der Waals surface area contributed by atoms with Crippen molar-refractivity contribution in [1.82, 2.24) is 0 Å². The zero-order chi connectivity index (χ0) is 9.68. The first-order valence-corrected chi connectivity index (χ1v) is 4.35. The molecule has 0 aliphatic heterocycles. The maximum Gasteiger partial charge on any atom is 0.0840 e. The van der Waals surface area contributed by atoms with Crippen LogP contribution in [0.15, 0.2) is 29.4 Å². The summed E-state index contributed by atoms with van der Waals surface area (Å²) in [7, 11) is 2.20. The van der Waals surface area contributed by atoms with Gasteiger partial charge in [-0.05, 0) is 12.5 Å². The van der Waals surface area contributed by atoms with Crippen molar-refractivity contribution in [2.75, 3.05) is 0 Å². The highest BCUT2D eigenvalue weighted by molar-refractivity contribution is 7.09. The van der Waals surface area contributed by atoms with Gasteiger partial charge in [0, 0.05) is 15.0 Å². The van der Waals surface area contributed by atoms with E-state index in [1.807, 2.05) is 24.3 Å². The average molecular weight is 197 g/mol. The van der Waals surface area contributed by atoms with Gasteiger partial charge in [-0.25, -0.2) is 0 Å². The summed E-state index contributed by atoms with van der Waals surface area (Å²) in [5.74, 6) is 0. The molecule has 1 atom stereocenters. The van der Waals surface area contributed by atoms with Gasteiger partial charge in [-0.3, -0.25) is 0 Å². The van der Waals surface area contributed by atoms with Crippen molar-refractivity contribution in [2.24, 2.45) is 5.16 Å². The Balaban J connectivity index is 3.04. The molecule has 0 amide bonds. The second-order valence-electron chi connectivity index (χ2n) is 2.65. The smallest absolute Gasteiger partial charge is 0.0840 e. The Bertz CT molecular complexity index is 312. The molecular formula is C9H12NO2P. The fourth-order valence-corrected chi connectivity index (χ4v) is 1.32. The summed E-state index contributed by atoms with van der Waals surface area (Å²) < 4.78 is 4.94. The minimum absolute atomic E-state index is 0.494. The second-order valence-corrected chi connectivity index (χ2v) is 2.99. The molecule has 0 saturated heterocycles. The van der Waals surface area contributed by atoms with Crippen molar-refractivity contribution < 1.29 is 9.73 Å². The van der Waals surface area contributed by atoms with Crippen molar-refractivity contribution in [3.8, 4) is 0 Å². The largest absolute Gasteiger partial charge is 0.411 e. The summed E-state index contributed by atoms with van der Waals surface area (Å²) in [6, 6.07) is 7.66. The lowest BCUT2D eigenvalue weighted by atomic mass is 10.0. The van der Waals surface area contributed by atoms with Crippen LogP contribution in [0.5, 0.6) is 0 Å². The van der Waals surface area contributed by atoms with E-state index in [-0.39, 0.29) is 0 Å². The molecule has 1 unspecified atom stereocenters. The van der Waals surface area contributed by atoms with Crippen LogP contribution < -0.4 is 0 Å². The molecule has 0 spiro atoms. The summed E-state index contributed by atoms with van der Waals surface area (Å²) in [5, 5.41) is 11.8. The molecule has 0 heterocycles. The Kier molecular flexibility index (Phi) is 3.87. The molecule has 0 radical (unpaired) electrons. The third kappa shape index (κ3) is 2.51. The SMILES string of the molecule is C/C(=N\O)c1ccccc1COP. The first-order valence-electron chi connectivity index (χ1n) is 3.88. The highest BCUT2D eigenvalue weighted by Crippen LogP contribution is 2.12. The van der Waals surface area contributed by atoms with Gasteiger partial charge in [0.15, 0.2) is 0 Å². The molecule has 1 aromatic carbocycles. The van der Waals surface area contributed by atoms with Crippen LogP contribution in [0.25, 0.3) is 0 Å². The van der Waals surface area contributed by atoms with Gasteiger partial charge in [0.2, 0.25) is 0 Å². The first-order chi connectivity index (χ1) is 6.29. The summed E-state index contributed by atoms with van der Waals surface area (Å²) >= 11 is 0. The number of hydrogen-bond donors (Lipinski definition) is 1. The van der Waals surface area contributed by atoms with Gasteiger partial charge in [-0.15, -0.1) is 0 Å². The third-order valence-corrected chi connectivity index (χ3v) is 1.96. The van der Waals surface area contributed by atoms with Crippen LogP contribution in [0, 0.1) is 0 Å². The van der Waals surface area contributed by atoms with Crippen LogP contribution in [0.3, 0.4) is 0 Å². The van der Waals surface area contributed by atoms with Crippen LogP contribution >= 0.6 is 9.47 Å². The van der Waals surface area contributed by atoms with Crippen molar-refractivity contribution in [1.29, 1.82) is 0 Å². The maximum atomic E-state index is 8.62. The van der Waals surface area contributed by atoms with E-state index in [9.17, 15) is 0 Å². The lowest BCUT2D eigenvalue weighted by Crippen LogP contribution is -2.00. The molecule has 0 bridgehead atoms. The number of benzene rings is 1. The van der Waals surface area contributed by atoms with Crippen LogP contribution in [-0.4, -0.2) is 10.9 Å². The summed E-state index contributed by atoms with van der Waals surface area (Å²) in [6.45, 7) is 2.25. The molecule has 0 aliphatic carbocycles. The minimum Gasteiger partial charge on any atom is -0.411 e. The van der Waals surface area contributed by atoms with E-state index in [1.54, 1.807) is 6.92 Å². The molecule has 4 heteroatoms. The molecule has 0 saturated carbocycles. The summed E-state index contributed by atoms with van der Waals surface area (Å²) in [4.78, 5) is 0. The topological polar surface area (TPSA) is 41.8 Å². The Hall–Kier alpha value is -0.920. The normalized spacial score (nSPS) is 11.7. The van der Waals surface area contributed by atoms with Gasteiger partial charge in [-0.2, -0.15) is 0 Å². The third-order valence-electron chi connectivity index (χ3n) is 1.80. The zero-order valence-corrected chi connectivity index (χ0v) is 8.55. The van der Waals surface area contributed by atoms with Gasteiger partial charge in [0.1, 0.15) is 0 Å². The fraction of sp³-hybridized carbons (Fsp3) is 0.222. The lowest BCUT2D eigenvalue weighted by molar-refractivity contribution is 0.318. The van der Waals surface area contributed by atoms with E-state index in [0.29, 0.717) is 12.3 Å². The van der Waals surface area contributed by atoms with E-state index in [4.69, 9.17) is 9.73 Å². The number of oxime groups is 1. The van der Waals surface area contributed by atoms with Crippen molar-refractivity contribution in [2.45, 2.75) is 13.5 Å². The zero-order valence-electron chi connectivity index (χ0n) is 7.40. The van der Waals surface area contributed by atoms with Gasteiger partial charge < -0.3 is 9.73 Å². The average Bonchev–Trinajstić information content (AvgIpc) is 2.18. The number of hydrogen-bond acceptors (Lipinski definition) is 3. The van der Waals surface area contributed by atoms with Crippen LogP contribution in [0.1, 0.15) is 18.1 Å². The fourth-order valence-electron chi connectivity index (χ4n) is 1.14. The standard InChI is InChI=1S/C9H12NO2P/c1-7(10-11)9-5-3-2-4-8(9)6-12-13/h2-5,11H,6,13H2,1H3/b10-7+. The molecular weight excluding hydrogens is 185 g/mol. The summed E-state index contributed by atoms with van der Waals surface area (Å²) in [6.07, 6.45) is 0. The monoisotopic (exact) mass is 197 g/mol. The Morgan fingerprint density at radius 3 is 2.85 bits per heavy atom. The van der Waals surface area contributed by atoms with Gasteiger partial charge in [-0.1, -0.05) is 29.4 Å². The predicted octanol–water partition coefficient (Wildman–Crippen LogP) is 2.19. The molecule has 3 nitrogen and oxygen atoms in total.